The van der Waals surface area contributed by atoms with E-state index in [-0.39, 0.29) is 5.91 Å². The van der Waals surface area contributed by atoms with Crippen LogP contribution < -0.4 is 5.32 Å². The Morgan fingerprint density at radius 2 is 1.46 bits per heavy atom. The third-order valence-corrected chi connectivity index (χ3v) is 4.92. The average molecular weight is 386 g/mol. The summed E-state index contributed by atoms with van der Waals surface area (Å²) in [7, 11) is 0. The van der Waals surface area contributed by atoms with Crippen molar-refractivity contribution in [3.05, 3.63) is 48.0 Å². The first-order valence-corrected chi connectivity index (χ1v) is 11.2. The summed E-state index contributed by atoms with van der Waals surface area (Å²) in [6.45, 7) is 2.82. The number of hydrogen-bond acceptors (Lipinski definition) is 2. The zero-order chi connectivity index (χ0) is 20.3. The van der Waals surface area contributed by atoms with Gasteiger partial charge >= 0.3 is 0 Å². The maximum atomic E-state index is 11.9. The molecule has 0 spiro atoms. The Kier molecular flexibility index (Phi) is 14.8. The molecule has 0 aliphatic rings. The van der Waals surface area contributed by atoms with Gasteiger partial charge in [-0.05, 0) is 37.7 Å². The van der Waals surface area contributed by atoms with Crippen LogP contribution in [-0.4, -0.2) is 11.7 Å². The van der Waals surface area contributed by atoms with Crippen molar-refractivity contribution in [1.29, 1.82) is 0 Å². The second kappa shape index (κ2) is 17.2. The Hall–Kier alpha value is -1.90. The predicted octanol–water partition coefficient (Wildman–Crippen LogP) is 6.52. The molecule has 0 aliphatic heterocycles. The minimum Gasteiger partial charge on any atom is -0.352 e. The van der Waals surface area contributed by atoms with Crippen LogP contribution in [0, 0.1) is 0 Å². The summed E-state index contributed by atoms with van der Waals surface area (Å²) in [6.07, 6.45) is 17.4. The van der Waals surface area contributed by atoms with Crippen molar-refractivity contribution in [3.8, 4) is 0 Å². The van der Waals surface area contributed by atoms with Gasteiger partial charge in [0.25, 0.3) is 0 Å². The molecular weight excluding hydrogens is 346 g/mol. The fourth-order valence-corrected chi connectivity index (χ4v) is 3.14. The number of unbranched alkanes of at least 4 members (excludes halogenated alkanes) is 7. The van der Waals surface area contributed by atoms with Gasteiger partial charge in [0.1, 0.15) is 5.78 Å². The standard InChI is InChI=1S/C25H39NO2/c1-2-3-4-5-6-8-14-19-24(27)20-15-9-7-10-16-21-25(28)26-22-23-17-12-11-13-18-23/h6,8,11-13,17-18H,2-5,7,9-10,14-16,19-22H2,1H3,(H,26,28)/b8-6+. The fraction of sp³-hybridized carbons (Fsp3) is 0.600. The number of rotatable bonds is 17. The van der Waals surface area contributed by atoms with Gasteiger partial charge in [0.15, 0.2) is 0 Å². The molecule has 0 heterocycles. The Bertz CT molecular complexity index is 551. The van der Waals surface area contributed by atoms with E-state index in [9.17, 15) is 9.59 Å². The minimum absolute atomic E-state index is 0.127. The highest BCUT2D eigenvalue weighted by molar-refractivity contribution is 5.78. The minimum atomic E-state index is 0.127. The zero-order valence-corrected chi connectivity index (χ0v) is 17.8. The highest BCUT2D eigenvalue weighted by atomic mass is 16.1. The van der Waals surface area contributed by atoms with Crippen molar-refractivity contribution in [1.82, 2.24) is 5.32 Å². The maximum absolute atomic E-state index is 11.9. The lowest BCUT2D eigenvalue weighted by Gasteiger charge is -2.05. The van der Waals surface area contributed by atoms with Gasteiger partial charge in [-0.1, -0.05) is 81.5 Å². The molecule has 0 fully saturated rings. The van der Waals surface area contributed by atoms with E-state index >= 15 is 0 Å². The van der Waals surface area contributed by atoms with Crippen LogP contribution in [0.3, 0.4) is 0 Å². The van der Waals surface area contributed by atoms with Crippen LogP contribution in [0.15, 0.2) is 42.5 Å². The number of carbonyl (C=O) groups excluding carboxylic acids is 2. The molecule has 0 aromatic heterocycles. The first kappa shape index (κ1) is 24.1. The van der Waals surface area contributed by atoms with Crippen molar-refractivity contribution >= 4 is 11.7 Å². The molecule has 156 valence electrons. The van der Waals surface area contributed by atoms with Crippen LogP contribution in [0.1, 0.15) is 96.0 Å². The number of ketones is 1. The van der Waals surface area contributed by atoms with Crippen LogP contribution in [0.5, 0.6) is 0 Å². The summed E-state index contributed by atoms with van der Waals surface area (Å²) in [5.41, 5.74) is 1.13. The van der Waals surface area contributed by atoms with Gasteiger partial charge in [-0.15, -0.1) is 0 Å². The highest BCUT2D eigenvalue weighted by Gasteiger charge is 2.03. The molecule has 0 radical (unpaired) electrons. The molecule has 3 heteroatoms. The van der Waals surface area contributed by atoms with E-state index in [1.54, 1.807) is 0 Å². The second-order valence-corrected chi connectivity index (χ2v) is 7.57. The summed E-state index contributed by atoms with van der Waals surface area (Å²) in [6, 6.07) is 9.98. The first-order chi connectivity index (χ1) is 13.7. The summed E-state index contributed by atoms with van der Waals surface area (Å²) >= 11 is 0. The highest BCUT2D eigenvalue weighted by Crippen LogP contribution is 2.10. The summed E-state index contributed by atoms with van der Waals surface area (Å²) in [4.78, 5) is 23.7. The number of carbonyl (C=O) groups is 2. The van der Waals surface area contributed by atoms with E-state index < -0.39 is 0 Å². The number of nitrogens with one attached hydrogen (secondary N) is 1. The van der Waals surface area contributed by atoms with Crippen molar-refractivity contribution < 1.29 is 9.59 Å². The molecule has 28 heavy (non-hydrogen) atoms. The number of benzene rings is 1. The van der Waals surface area contributed by atoms with Crippen LogP contribution in [0.4, 0.5) is 0 Å². The van der Waals surface area contributed by atoms with Crippen molar-refractivity contribution in [2.45, 2.75) is 96.9 Å². The van der Waals surface area contributed by atoms with E-state index in [0.717, 1.165) is 50.5 Å². The fourth-order valence-electron chi connectivity index (χ4n) is 3.14. The lowest BCUT2D eigenvalue weighted by molar-refractivity contribution is -0.121. The predicted molar refractivity (Wildman–Crippen MR) is 118 cm³/mol. The summed E-state index contributed by atoms with van der Waals surface area (Å²) in [5, 5.41) is 2.97. The van der Waals surface area contributed by atoms with Crippen LogP contribution >= 0.6 is 0 Å². The van der Waals surface area contributed by atoms with Gasteiger partial charge in [-0.3, -0.25) is 9.59 Å². The normalized spacial score (nSPS) is 11.0. The zero-order valence-electron chi connectivity index (χ0n) is 17.8. The van der Waals surface area contributed by atoms with Gasteiger partial charge < -0.3 is 5.32 Å². The quantitative estimate of drug-likeness (QED) is 0.245. The SMILES string of the molecule is CCCCC/C=C/CCC(=O)CCCCCCCC(=O)NCc1ccccc1. The van der Waals surface area contributed by atoms with E-state index in [1.807, 2.05) is 30.3 Å². The molecule has 1 N–H and O–H groups in total. The smallest absolute Gasteiger partial charge is 0.220 e. The third-order valence-electron chi connectivity index (χ3n) is 4.92. The Balaban J connectivity index is 1.88. The van der Waals surface area contributed by atoms with Crippen molar-refractivity contribution in [2.75, 3.05) is 0 Å². The van der Waals surface area contributed by atoms with Gasteiger partial charge in [0.05, 0.1) is 0 Å². The Labute approximate surface area is 172 Å². The molecule has 1 aromatic rings. The summed E-state index contributed by atoms with van der Waals surface area (Å²) in [5.74, 6) is 0.514. The largest absolute Gasteiger partial charge is 0.352 e. The number of allylic oxidation sites excluding steroid dienone is 2. The number of amides is 1. The maximum Gasteiger partial charge on any atom is 0.220 e. The molecule has 1 amide bonds. The Morgan fingerprint density at radius 3 is 2.21 bits per heavy atom. The molecule has 1 rings (SSSR count). The molecule has 0 saturated heterocycles. The van der Waals surface area contributed by atoms with Crippen molar-refractivity contribution in [3.63, 3.8) is 0 Å². The third kappa shape index (κ3) is 14.2. The summed E-state index contributed by atoms with van der Waals surface area (Å²) < 4.78 is 0. The van der Waals surface area contributed by atoms with Gasteiger partial charge in [-0.2, -0.15) is 0 Å². The molecular formula is C25H39NO2. The van der Waals surface area contributed by atoms with Crippen LogP contribution in [0.25, 0.3) is 0 Å². The molecule has 3 nitrogen and oxygen atoms in total. The number of hydrogen-bond donors (Lipinski definition) is 1. The van der Waals surface area contributed by atoms with Crippen LogP contribution in [-0.2, 0) is 16.1 Å². The molecule has 0 bridgehead atoms. The van der Waals surface area contributed by atoms with E-state index in [0.29, 0.717) is 31.6 Å². The monoisotopic (exact) mass is 385 g/mol. The van der Waals surface area contributed by atoms with Crippen LogP contribution in [0.2, 0.25) is 0 Å². The molecule has 0 saturated carbocycles. The number of Topliss-reactive ketones (excluding diaryl/α,β-unsaturated/α-hetero) is 1. The van der Waals surface area contributed by atoms with Gasteiger partial charge in [-0.25, -0.2) is 0 Å². The average Bonchev–Trinajstić information content (AvgIpc) is 2.71. The van der Waals surface area contributed by atoms with Gasteiger partial charge in [0.2, 0.25) is 5.91 Å². The molecule has 1 aromatic carbocycles. The Morgan fingerprint density at radius 1 is 0.786 bits per heavy atom. The molecule has 0 atom stereocenters. The van der Waals surface area contributed by atoms with E-state index in [4.69, 9.17) is 0 Å². The molecule has 0 unspecified atom stereocenters. The lowest BCUT2D eigenvalue weighted by atomic mass is 10.0. The van der Waals surface area contributed by atoms with E-state index in [2.05, 4.69) is 24.4 Å². The lowest BCUT2D eigenvalue weighted by Crippen LogP contribution is -2.22. The topological polar surface area (TPSA) is 46.2 Å². The van der Waals surface area contributed by atoms with Gasteiger partial charge in [0, 0.05) is 25.8 Å². The first-order valence-electron chi connectivity index (χ1n) is 11.2. The van der Waals surface area contributed by atoms with Crippen molar-refractivity contribution in [2.24, 2.45) is 0 Å². The van der Waals surface area contributed by atoms with E-state index in [1.165, 1.54) is 19.3 Å². The second-order valence-electron chi connectivity index (χ2n) is 7.57. The molecule has 0 aliphatic carbocycles.